The number of aliphatic hydroxyl groups is 1. The summed E-state index contributed by atoms with van der Waals surface area (Å²) >= 11 is 0. The van der Waals surface area contributed by atoms with E-state index >= 15 is 0 Å². The van der Waals surface area contributed by atoms with Crippen LogP contribution in [0.15, 0.2) is 30.3 Å². The summed E-state index contributed by atoms with van der Waals surface area (Å²) in [7, 11) is 2.21. The van der Waals surface area contributed by atoms with Crippen LogP contribution in [0, 0.1) is 0 Å². The van der Waals surface area contributed by atoms with Gasteiger partial charge >= 0.3 is 0 Å². The average molecular weight is 290 g/mol. The van der Waals surface area contributed by atoms with E-state index in [4.69, 9.17) is 5.73 Å². The first-order chi connectivity index (χ1) is 10.2. The molecule has 0 aliphatic heterocycles. The zero-order chi connectivity index (χ0) is 15.1. The first-order valence-corrected chi connectivity index (χ1v) is 8.31. The Kier molecular flexibility index (Phi) is 6.22. The number of nitrogens with two attached hydrogens (primary N) is 1. The molecule has 1 atom stereocenters. The van der Waals surface area contributed by atoms with Crippen molar-refractivity contribution in [2.75, 3.05) is 20.2 Å². The molecule has 118 valence electrons. The Morgan fingerprint density at radius 1 is 1.14 bits per heavy atom. The molecule has 21 heavy (non-hydrogen) atoms. The number of nitrogens with zero attached hydrogens (tertiary/aromatic N) is 1. The molecule has 1 aromatic carbocycles. The van der Waals surface area contributed by atoms with Crippen molar-refractivity contribution in [1.29, 1.82) is 0 Å². The molecule has 0 spiro atoms. The maximum absolute atomic E-state index is 9.76. The highest BCUT2D eigenvalue weighted by molar-refractivity contribution is 5.24. The van der Waals surface area contributed by atoms with Crippen LogP contribution in [0.5, 0.6) is 0 Å². The number of hydrogen-bond donors (Lipinski definition) is 2. The van der Waals surface area contributed by atoms with Gasteiger partial charge in [0, 0.05) is 12.6 Å². The molecule has 1 saturated carbocycles. The van der Waals surface area contributed by atoms with Crippen molar-refractivity contribution >= 4 is 0 Å². The molecule has 3 nitrogen and oxygen atoms in total. The van der Waals surface area contributed by atoms with E-state index in [-0.39, 0.29) is 6.61 Å². The summed E-state index contributed by atoms with van der Waals surface area (Å²) in [4.78, 5) is 2.45. The Hall–Kier alpha value is -0.900. The van der Waals surface area contributed by atoms with Crippen molar-refractivity contribution in [2.45, 2.75) is 56.5 Å². The van der Waals surface area contributed by atoms with E-state index in [0.717, 1.165) is 18.5 Å². The first kappa shape index (κ1) is 16.5. The zero-order valence-electron chi connectivity index (χ0n) is 13.3. The summed E-state index contributed by atoms with van der Waals surface area (Å²) in [6.45, 7) is 0.937. The molecule has 0 heterocycles. The lowest BCUT2D eigenvalue weighted by atomic mass is 9.88. The molecule has 1 aliphatic carbocycles. The van der Waals surface area contributed by atoms with Crippen LogP contribution in [0.1, 0.15) is 50.5 Å². The fraction of sp³-hybridized carbons (Fsp3) is 0.667. The first-order valence-electron chi connectivity index (χ1n) is 8.31. The smallest absolute Gasteiger partial charge is 0.0656 e. The van der Waals surface area contributed by atoms with Crippen molar-refractivity contribution in [3.8, 4) is 0 Å². The molecule has 3 N–H and O–H groups in total. The van der Waals surface area contributed by atoms with Crippen molar-refractivity contribution in [2.24, 2.45) is 5.73 Å². The molecular weight excluding hydrogens is 260 g/mol. The van der Waals surface area contributed by atoms with Gasteiger partial charge in [-0.2, -0.15) is 0 Å². The minimum absolute atomic E-state index is 0.00444. The van der Waals surface area contributed by atoms with Gasteiger partial charge in [-0.15, -0.1) is 0 Å². The second kappa shape index (κ2) is 7.92. The Morgan fingerprint density at radius 2 is 1.76 bits per heavy atom. The predicted octanol–water partition coefficient (Wildman–Crippen LogP) is 2.88. The van der Waals surface area contributed by atoms with E-state index in [0.29, 0.717) is 6.04 Å². The highest BCUT2D eigenvalue weighted by Crippen LogP contribution is 2.25. The molecule has 0 saturated heterocycles. The lowest BCUT2D eigenvalue weighted by Crippen LogP contribution is -2.44. The maximum Gasteiger partial charge on any atom is 0.0656 e. The quantitative estimate of drug-likeness (QED) is 0.792. The van der Waals surface area contributed by atoms with E-state index in [2.05, 4.69) is 11.9 Å². The molecular formula is C18H30N2O. The van der Waals surface area contributed by atoms with Crippen LogP contribution in [0.3, 0.4) is 0 Å². The minimum atomic E-state index is -0.625. The average Bonchev–Trinajstić information content (AvgIpc) is 2.82. The predicted molar refractivity (Wildman–Crippen MR) is 88.1 cm³/mol. The third-order valence-electron chi connectivity index (χ3n) is 4.99. The van der Waals surface area contributed by atoms with Crippen LogP contribution in [0.2, 0.25) is 0 Å². The van der Waals surface area contributed by atoms with Gasteiger partial charge in [0.25, 0.3) is 0 Å². The topological polar surface area (TPSA) is 49.5 Å². The molecule has 0 amide bonds. The summed E-state index contributed by atoms with van der Waals surface area (Å²) in [5.74, 6) is 0. The molecule has 0 aromatic heterocycles. The van der Waals surface area contributed by atoms with E-state index in [1.165, 1.54) is 38.5 Å². The highest BCUT2D eigenvalue weighted by atomic mass is 16.3. The summed E-state index contributed by atoms with van der Waals surface area (Å²) < 4.78 is 0. The van der Waals surface area contributed by atoms with Crippen molar-refractivity contribution < 1.29 is 5.11 Å². The molecule has 1 aliphatic rings. The fourth-order valence-corrected chi connectivity index (χ4v) is 3.34. The number of rotatable bonds is 6. The van der Waals surface area contributed by atoms with Gasteiger partial charge < -0.3 is 15.7 Å². The minimum Gasteiger partial charge on any atom is -0.394 e. The normalized spacial score (nSPS) is 20.2. The van der Waals surface area contributed by atoms with Crippen molar-refractivity contribution in [3.05, 3.63) is 35.9 Å². The van der Waals surface area contributed by atoms with Crippen LogP contribution in [-0.2, 0) is 5.54 Å². The van der Waals surface area contributed by atoms with E-state index < -0.39 is 5.54 Å². The van der Waals surface area contributed by atoms with E-state index in [9.17, 15) is 5.11 Å². The van der Waals surface area contributed by atoms with Gasteiger partial charge in [0.2, 0.25) is 0 Å². The van der Waals surface area contributed by atoms with Crippen LogP contribution >= 0.6 is 0 Å². The van der Waals surface area contributed by atoms with E-state index in [1.807, 2.05) is 30.3 Å². The van der Waals surface area contributed by atoms with Gasteiger partial charge in [0.1, 0.15) is 0 Å². The number of benzene rings is 1. The van der Waals surface area contributed by atoms with Crippen LogP contribution < -0.4 is 5.73 Å². The molecule has 1 unspecified atom stereocenters. The fourth-order valence-electron chi connectivity index (χ4n) is 3.34. The molecule has 1 aromatic rings. The second-order valence-electron chi connectivity index (χ2n) is 6.56. The number of hydrogen-bond acceptors (Lipinski definition) is 3. The van der Waals surface area contributed by atoms with Gasteiger partial charge in [-0.3, -0.25) is 0 Å². The van der Waals surface area contributed by atoms with Crippen LogP contribution in [0.25, 0.3) is 0 Å². The molecule has 0 bridgehead atoms. The summed E-state index contributed by atoms with van der Waals surface area (Å²) in [6.07, 6.45) is 8.86. The third kappa shape index (κ3) is 4.53. The summed E-state index contributed by atoms with van der Waals surface area (Å²) in [5, 5.41) is 9.76. The Morgan fingerprint density at radius 3 is 2.33 bits per heavy atom. The van der Waals surface area contributed by atoms with Crippen molar-refractivity contribution in [1.82, 2.24) is 4.90 Å². The third-order valence-corrected chi connectivity index (χ3v) is 4.99. The van der Waals surface area contributed by atoms with Gasteiger partial charge in [-0.05, 0) is 31.9 Å². The van der Waals surface area contributed by atoms with Crippen LogP contribution in [0.4, 0.5) is 0 Å². The Balaban J connectivity index is 1.93. The van der Waals surface area contributed by atoms with Gasteiger partial charge in [0.15, 0.2) is 0 Å². The molecule has 0 radical (unpaired) electrons. The number of aliphatic hydroxyl groups excluding tert-OH is 1. The SMILES string of the molecule is CN(CCC(N)(CO)c1ccccc1)C1CCCCCC1. The van der Waals surface area contributed by atoms with Gasteiger partial charge in [-0.25, -0.2) is 0 Å². The summed E-state index contributed by atoms with van der Waals surface area (Å²) in [6, 6.07) is 10.7. The largest absolute Gasteiger partial charge is 0.394 e. The summed E-state index contributed by atoms with van der Waals surface area (Å²) in [5.41, 5.74) is 6.86. The maximum atomic E-state index is 9.76. The highest BCUT2D eigenvalue weighted by Gasteiger charge is 2.27. The lowest BCUT2D eigenvalue weighted by Gasteiger charge is -2.33. The monoisotopic (exact) mass is 290 g/mol. The zero-order valence-corrected chi connectivity index (χ0v) is 13.3. The van der Waals surface area contributed by atoms with Gasteiger partial charge in [0.05, 0.1) is 12.1 Å². The second-order valence-corrected chi connectivity index (χ2v) is 6.56. The van der Waals surface area contributed by atoms with Crippen LogP contribution in [-0.4, -0.2) is 36.2 Å². The molecule has 2 rings (SSSR count). The Bertz CT molecular complexity index is 401. The lowest BCUT2D eigenvalue weighted by molar-refractivity contribution is 0.151. The standard InChI is InChI=1S/C18H30N2O/c1-20(17-11-7-2-3-8-12-17)14-13-18(19,15-21)16-9-5-4-6-10-16/h4-6,9-10,17,21H,2-3,7-8,11-15,19H2,1H3. The van der Waals surface area contributed by atoms with E-state index in [1.54, 1.807) is 0 Å². The Labute approximate surface area is 129 Å². The molecule has 3 heteroatoms. The van der Waals surface area contributed by atoms with Gasteiger partial charge in [-0.1, -0.05) is 56.0 Å². The molecule has 1 fully saturated rings. The van der Waals surface area contributed by atoms with Crippen molar-refractivity contribution in [3.63, 3.8) is 0 Å².